The van der Waals surface area contributed by atoms with E-state index in [9.17, 15) is 38.7 Å². The van der Waals surface area contributed by atoms with Crippen LogP contribution in [0.1, 0.15) is 38.5 Å². The van der Waals surface area contributed by atoms with Crippen molar-refractivity contribution >= 4 is 53.2 Å². The summed E-state index contributed by atoms with van der Waals surface area (Å²) in [4.78, 5) is 82.3. The Hall–Kier alpha value is -3.40. The second-order valence-corrected chi connectivity index (χ2v) is 8.50. The number of primary amides is 2. The molecule has 4 unspecified atom stereocenters. The Balaban J connectivity index is 5.61. The van der Waals surface area contributed by atoms with Crippen molar-refractivity contribution in [3.63, 3.8) is 0 Å². The second kappa shape index (κ2) is 16.3. The number of rotatable bonds is 18. The number of aliphatic carboxylic acids is 2. The van der Waals surface area contributed by atoms with Gasteiger partial charge in [-0.2, -0.15) is 11.8 Å². The molecule has 0 aliphatic heterocycles. The van der Waals surface area contributed by atoms with E-state index in [0.717, 1.165) is 0 Å². The summed E-state index contributed by atoms with van der Waals surface area (Å²) in [5.74, 6) is -6.71. The summed E-state index contributed by atoms with van der Waals surface area (Å²) in [5, 5.41) is 25.0. The summed E-state index contributed by atoms with van der Waals surface area (Å²) in [5.41, 5.74) is 15.6. The molecule has 0 saturated carbocycles. The third-order valence-corrected chi connectivity index (χ3v) is 5.22. The molecule has 11 N–H and O–H groups in total. The highest BCUT2D eigenvalue weighted by molar-refractivity contribution is 7.98. The molecule has 0 saturated heterocycles. The molecular weight excluding hydrogens is 488 g/mol. The van der Waals surface area contributed by atoms with Gasteiger partial charge in [-0.3, -0.25) is 28.8 Å². The van der Waals surface area contributed by atoms with Gasteiger partial charge in [0.05, 0.1) is 12.5 Å². The number of hydrogen-bond donors (Lipinski definition) is 8. The standard InChI is InChI=1S/C19H32N6O9S/c1-35-7-6-12(19(33)34)25-18(32)11(3-5-15(28)29)24-17(31)10(2-4-13(21)26)23-16(30)9(20)8-14(22)27/h9-12H,2-8,20H2,1H3,(H2,21,26)(H2,22,27)(H,23,30)(H,24,31)(H,25,32)(H,28,29)(H,33,34). The van der Waals surface area contributed by atoms with Crippen molar-refractivity contribution in [1.82, 2.24) is 16.0 Å². The number of nitrogens with one attached hydrogen (secondary N) is 3. The maximum absolute atomic E-state index is 12.8. The molecule has 5 amide bonds. The van der Waals surface area contributed by atoms with Gasteiger partial charge in [0, 0.05) is 12.8 Å². The summed E-state index contributed by atoms with van der Waals surface area (Å²) >= 11 is 1.35. The zero-order valence-electron chi connectivity index (χ0n) is 19.2. The Morgan fingerprint density at radius 1 is 0.743 bits per heavy atom. The van der Waals surface area contributed by atoms with E-state index in [2.05, 4.69) is 16.0 Å². The summed E-state index contributed by atoms with van der Waals surface area (Å²) < 4.78 is 0. The number of carbonyl (C=O) groups is 7. The minimum absolute atomic E-state index is 0.0802. The van der Waals surface area contributed by atoms with E-state index in [4.69, 9.17) is 22.3 Å². The topological polar surface area (TPSA) is 274 Å². The van der Waals surface area contributed by atoms with Crippen molar-refractivity contribution in [2.45, 2.75) is 62.7 Å². The summed E-state index contributed by atoms with van der Waals surface area (Å²) in [6.07, 6.45) is -0.266. The number of carboxylic acids is 2. The van der Waals surface area contributed by atoms with Crippen LogP contribution in [0.25, 0.3) is 0 Å². The monoisotopic (exact) mass is 520 g/mol. The predicted octanol–water partition coefficient (Wildman–Crippen LogP) is -3.39. The molecule has 4 atom stereocenters. The first kappa shape index (κ1) is 31.6. The van der Waals surface area contributed by atoms with Gasteiger partial charge in [-0.25, -0.2) is 4.79 Å². The lowest BCUT2D eigenvalue weighted by atomic mass is 10.1. The van der Waals surface area contributed by atoms with Gasteiger partial charge in [-0.05, 0) is 31.3 Å². The Morgan fingerprint density at radius 3 is 1.66 bits per heavy atom. The van der Waals surface area contributed by atoms with Gasteiger partial charge in [0.1, 0.15) is 18.1 Å². The van der Waals surface area contributed by atoms with Crippen LogP contribution in [0, 0.1) is 0 Å². The average Bonchev–Trinajstić information content (AvgIpc) is 2.75. The molecule has 198 valence electrons. The maximum atomic E-state index is 12.8. The van der Waals surface area contributed by atoms with Crippen LogP contribution < -0.4 is 33.2 Å². The molecule has 0 fully saturated rings. The van der Waals surface area contributed by atoms with Crippen LogP contribution in [0.4, 0.5) is 0 Å². The van der Waals surface area contributed by atoms with Crippen molar-refractivity contribution in [3.05, 3.63) is 0 Å². The molecule has 0 radical (unpaired) electrons. The first-order chi connectivity index (χ1) is 16.3. The molecule has 0 spiro atoms. The molecule has 0 heterocycles. The van der Waals surface area contributed by atoms with Crippen LogP contribution in [0.15, 0.2) is 0 Å². The van der Waals surface area contributed by atoms with Crippen molar-refractivity contribution in [2.24, 2.45) is 17.2 Å². The smallest absolute Gasteiger partial charge is 0.326 e. The van der Waals surface area contributed by atoms with Crippen molar-refractivity contribution in [2.75, 3.05) is 12.0 Å². The third-order valence-electron chi connectivity index (χ3n) is 4.58. The van der Waals surface area contributed by atoms with E-state index < -0.39 is 78.5 Å². The first-order valence-electron chi connectivity index (χ1n) is 10.4. The molecule has 0 aliphatic rings. The highest BCUT2D eigenvalue weighted by atomic mass is 32.2. The molecule has 0 aromatic carbocycles. The number of thioether (sulfide) groups is 1. The van der Waals surface area contributed by atoms with Gasteiger partial charge in [-0.1, -0.05) is 0 Å². The summed E-state index contributed by atoms with van der Waals surface area (Å²) in [6, 6.07) is -5.57. The Morgan fingerprint density at radius 2 is 1.23 bits per heavy atom. The van der Waals surface area contributed by atoms with Crippen LogP contribution in [-0.4, -0.2) is 87.9 Å². The Labute approximate surface area is 205 Å². The highest BCUT2D eigenvalue weighted by Crippen LogP contribution is 2.06. The zero-order chi connectivity index (χ0) is 27.1. The molecule has 0 aromatic heterocycles. The van der Waals surface area contributed by atoms with E-state index in [1.54, 1.807) is 6.26 Å². The fourth-order valence-corrected chi connectivity index (χ4v) is 3.19. The van der Waals surface area contributed by atoms with Crippen molar-refractivity contribution < 1.29 is 43.8 Å². The van der Waals surface area contributed by atoms with Gasteiger partial charge in [0.2, 0.25) is 29.5 Å². The van der Waals surface area contributed by atoms with Gasteiger partial charge < -0.3 is 43.4 Å². The highest BCUT2D eigenvalue weighted by Gasteiger charge is 2.31. The van der Waals surface area contributed by atoms with E-state index in [0.29, 0.717) is 5.75 Å². The molecule has 0 rings (SSSR count). The van der Waals surface area contributed by atoms with Gasteiger partial charge in [0.25, 0.3) is 0 Å². The maximum Gasteiger partial charge on any atom is 0.326 e. The number of carbonyl (C=O) groups excluding carboxylic acids is 5. The third kappa shape index (κ3) is 13.8. The van der Waals surface area contributed by atoms with E-state index in [1.807, 2.05) is 0 Å². The SMILES string of the molecule is CSCCC(NC(=O)C(CCC(=O)O)NC(=O)C(CCC(N)=O)NC(=O)C(N)CC(N)=O)C(=O)O. The molecule has 0 aromatic rings. The number of amides is 5. The van der Waals surface area contributed by atoms with Gasteiger partial charge in [0.15, 0.2) is 0 Å². The van der Waals surface area contributed by atoms with Crippen molar-refractivity contribution in [3.8, 4) is 0 Å². The Bertz CT molecular complexity index is 810. The van der Waals surface area contributed by atoms with Crippen LogP contribution in [0.3, 0.4) is 0 Å². The normalized spacial score (nSPS) is 14.0. The predicted molar refractivity (Wildman–Crippen MR) is 124 cm³/mol. The molecule has 0 bridgehead atoms. The minimum Gasteiger partial charge on any atom is -0.481 e. The largest absolute Gasteiger partial charge is 0.481 e. The fourth-order valence-electron chi connectivity index (χ4n) is 2.72. The molecule has 0 aliphatic carbocycles. The van der Waals surface area contributed by atoms with Crippen LogP contribution in [0.5, 0.6) is 0 Å². The fraction of sp³-hybridized carbons (Fsp3) is 0.632. The second-order valence-electron chi connectivity index (χ2n) is 7.52. The number of hydrogen-bond acceptors (Lipinski definition) is 9. The van der Waals surface area contributed by atoms with Crippen LogP contribution >= 0.6 is 11.8 Å². The minimum atomic E-state index is -1.47. The van der Waals surface area contributed by atoms with Gasteiger partial charge >= 0.3 is 11.9 Å². The number of nitrogens with two attached hydrogens (primary N) is 3. The molecule has 35 heavy (non-hydrogen) atoms. The zero-order valence-corrected chi connectivity index (χ0v) is 20.0. The van der Waals surface area contributed by atoms with Gasteiger partial charge in [-0.15, -0.1) is 0 Å². The van der Waals surface area contributed by atoms with E-state index in [-0.39, 0.29) is 25.7 Å². The van der Waals surface area contributed by atoms with E-state index >= 15 is 0 Å². The van der Waals surface area contributed by atoms with Crippen LogP contribution in [-0.2, 0) is 33.6 Å². The quantitative estimate of drug-likeness (QED) is 0.0882. The lowest BCUT2D eigenvalue weighted by molar-refractivity contribution is -0.143. The average molecular weight is 521 g/mol. The van der Waals surface area contributed by atoms with E-state index in [1.165, 1.54) is 11.8 Å². The lowest BCUT2D eigenvalue weighted by Gasteiger charge is -2.25. The lowest BCUT2D eigenvalue weighted by Crippen LogP contribution is -2.57. The van der Waals surface area contributed by atoms with Crippen LogP contribution in [0.2, 0.25) is 0 Å². The summed E-state index contributed by atoms with van der Waals surface area (Å²) in [6.45, 7) is 0. The van der Waals surface area contributed by atoms with Crippen molar-refractivity contribution in [1.29, 1.82) is 0 Å². The number of carboxylic acid groups (broad SMARTS) is 2. The molecule has 16 heteroatoms. The molecule has 15 nitrogen and oxygen atoms in total. The summed E-state index contributed by atoms with van der Waals surface area (Å²) in [7, 11) is 0. The Kier molecular flexibility index (Phi) is 14.7. The first-order valence-corrected chi connectivity index (χ1v) is 11.8. The molecular formula is C19H32N6O9S.